The van der Waals surface area contributed by atoms with E-state index >= 15 is 0 Å². The molecular formula is C9H18N2. The highest BCUT2D eigenvalue weighted by molar-refractivity contribution is 4.84. The van der Waals surface area contributed by atoms with Gasteiger partial charge in [-0.15, -0.1) is 0 Å². The molecule has 2 saturated heterocycles. The van der Waals surface area contributed by atoms with E-state index in [1.807, 2.05) is 0 Å². The van der Waals surface area contributed by atoms with Gasteiger partial charge in [0.2, 0.25) is 0 Å². The molecule has 0 amide bonds. The van der Waals surface area contributed by atoms with Gasteiger partial charge in [-0.2, -0.15) is 0 Å². The van der Waals surface area contributed by atoms with Crippen molar-refractivity contribution in [3.63, 3.8) is 0 Å². The molecular weight excluding hydrogens is 136 g/mol. The van der Waals surface area contributed by atoms with Gasteiger partial charge in [-0.3, -0.25) is 0 Å². The number of rotatable bonds is 0. The van der Waals surface area contributed by atoms with Crippen molar-refractivity contribution < 1.29 is 0 Å². The Hall–Kier alpha value is -0.0800. The number of likely N-dealkylation sites (tertiary alicyclic amines) is 1. The molecule has 2 heteroatoms. The molecule has 11 heavy (non-hydrogen) atoms. The number of hydrogen-bond donors (Lipinski definition) is 1. The Morgan fingerprint density at radius 1 is 1.27 bits per heavy atom. The predicted molar refractivity (Wildman–Crippen MR) is 46.6 cm³/mol. The molecule has 0 radical (unpaired) electrons. The van der Waals surface area contributed by atoms with E-state index in [0.717, 1.165) is 11.8 Å². The van der Waals surface area contributed by atoms with E-state index in [1.165, 1.54) is 39.0 Å². The maximum Gasteiger partial charge on any atom is 0.00102 e. The molecule has 0 saturated carbocycles. The highest BCUT2D eigenvalue weighted by Gasteiger charge is 2.29. The van der Waals surface area contributed by atoms with Crippen LogP contribution >= 0.6 is 0 Å². The van der Waals surface area contributed by atoms with Crippen molar-refractivity contribution in [2.45, 2.75) is 12.8 Å². The lowest BCUT2D eigenvalue weighted by atomic mass is 9.81. The summed E-state index contributed by atoms with van der Waals surface area (Å²) in [5, 5.41) is 3.48. The minimum atomic E-state index is 0.986. The molecule has 2 unspecified atom stereocenters. The average Bonchev–Trinajstić information content (AvgIpc) is 2.04. The molecule has 0 spiro atoms. The molecule has 2 atom stereocenters. The first-order chi connectivity index (χ1) is 5.36. The van der Waals surface area contributed by atoms with Gasteiger partial charge in [0.1, 0.15) is 0 Å². The highest BCUT2D eigenvalue weighted by Crippen LogP contribution is 2.26. The van der Waals surface area contributed by atoms with Crippen LogP contribution in [0.25, 0.3) is 0 Å². The van der Waals surface area contributed by atoms with E-state index in [4.69, 9.17) is 0 Å². The monoisotopic (exact) mass is 154 g/mol. The van der Waals surface area contributed by atoms with E-state index in [9.17, 15) is 0 Å². The molecule has 0 aliphatic carbocycles. The summed E-state index contributed by atoms with van der Waals surface area (Å²) < 4.78 is 0. The number of fused-ring (bicyclic) bond motifs is 1. The second-order valence-electron chi connectivity index (χ2n) is 4.06. The molecule has 2 aliphatic rings. The Morgan fingerprint density at radius 2 is 2.18 bits per heavy atom. The summed E-state index contributed by atoms with van der Waals surface area (Å²) in [5.74, 6) is 1.98. The summed E-state index contributed by atoms with van der Waals surface area (Å²) in [6.07, 6.45) is 2.81. The van der Waals surface area contributed by atoms with E-state index in [0.29, 0.717) is 0 Å². The van der Waals surface area contributed by atoms with Gasteiger partial charge in [0.15, 0.2) is 0 Å². The maximum atomic E-state index is 3.48. The van der Waals surface area contributed by atoms with Crippen LogP contribution < -0.4 is 5.32 Å². The minimum Gasteiger partial charge on any atom is -0.316 e. The Balaban J connectivity index is 1.93. The largest absolute Gasteiger partial charge is 0.316 e. The van der Waals surface area contributed by atoms with Crippen molar-refractivity contribution in [2.75, 3.05) is 33.2 Å². The molecule has 1 N–H and O–H groups in total. The van der Waals surface area contributed by atoms with Gasteiger partial charge in [-0.1, -0.05) is 0 Å². The summed E-state index contributed by atoms with van der Waals surface area (Å²) in [6, 6.07) is 0. The number of piperidine rings is 2. The summed E-state index contributed by atoms with van der Waals surface area (Å²) in [5.41, 5.74) is 0. The van der Waals surface area contributed by atoms with Crippen LogP contribution in [0, 0.1) is 11.8 Å². The van der Waals surface area contributed by atoms with Gasteiger partial charge in [0.05, 0.1) is 0 Å². The van der Waals surface area contributed by atoms with Crippen LogP contribution in [0.2, 0.25) is 0 Å². The second-order valence-corrected chi connectivity index (χ2v) is 4.06. The van der Waals surface area contributed by atoms with Crippen LogP contribution in [0.4, 0.5) is 0 Å². The Kier molecular flexibility index (Phi) is 2.14. The summed E-state index contributed by atoms with van der Waals surface area (Å²) in [4.78, 5) is 2.48. The molecule has 2 nitrogen and oxygen atoms in total. The Morgan fingerprint density at radius 3 is 3.09 bits per heavy atom. The zero-order valence-electron chi connectivity index (χ0n) is 7.34. The standard InChI is InChI=1S/C9H18N2/c1-11-5-3-8-6-10-4-2-9(8)7-11/h8-10H,2-7H2,1H3. The van der Waals surface area contributed by atoms with Crippen molar-refractivity contribution in [3.05, 3.63) is 0 Å². The maximum absolute atomic E-state index is 3.48. The van der Waals surface area contributed by atoms with Crippen LogP contribution in [0.15, 0.2) is 0 Å². The van der Waals surface area contributed by atoms with E-state index in [-0.39, 0.29) is 0 Å². The third kappa shape index (κ3) is 1.57. The quantitative estimate of drug-likeness (QED) is 0.548. The lowest BCUT2D eigenvalue weighted by Crippen LogP contribution is -2.46. The van der Waals surface area contributed by atoms with Crippen LogP contribution in [0.5, 0.6) is 0 Å². The summed E-state index contributed by atoms with van der Waals surface area (Å²) >= 11 is 0. The van der Waals surface area contributed by atoms with Crippen LogP contribution in [-0.4, -0.2) is 38.1 Å². The molecule has 2 aliphatic heterocycles. The fourth-order valence-electron chi connectivity index (χ4n) is 2.43. The normalized spacial score (nSPS) is 40.1. The zero-order chi connectivity index (χ0) is 7.68. The molecule has 0 aromatic heterocycles. The average molecular weight is 154 g/mol. The molecule has 0 aromatic rings. The molecule has 0 aromatic carbocycles. The molecule has 2 heterocycles. The lowest BCUT2D eigenvalue weighted by molar-refractivity contribution is 0.115. The smallest absolute Gasteiger partial charge is 0.00102 e. The van der Waals surface area contributed by atoms with E-state index in [1.54, 1.807) is 0 Å². The first-order valence-electron chi connectivity index (χ1n) is 4.75. The number of nitrogens with one attached hydrogen (secondary N) is 1. The molecule has 0 bridgehead atoms. The van der Waals surface area contributed by atoms with Crippen molar-refractivity contribution in [2.24, 2.45) is 11.8 Å². The van der Waals surface area contributed by atoms with Gasteiger partial charge in [0.25, 0.3) is 0 Å². The Labute approximate surface area is 69.0 Å². The van der Waals surface area contributed by atoms with Gasteiger partial charge in [-0.25, -0.2) is 0 Å². The van der Waals surface area contributed by atoms with Crippen molar-refractivity contribution in [3.8, 4) is 0 Å². The van der Waals surface area contributed by atoms with Gasteiger partial charge >= 0.3 is 0 Å². The first-order valence-corrected chi connectivity index (χ1v) is 4.75. The second kappa shape index (κ2) is 3.11. The summed E-state index contributed by atoms with van der Waals surface area (Å²) in [7, 11) is 2.25. The van der Waals surface area contributed by atoms with Gasteiger partial charge in [-0.05, 0) is 51.4 Å². The SMILES string of the molecule is CN1CCC2CNCCC2C1. The first kappa shape index (κ1) is 7.56. The summed E-state index contributed by atoms with van der Waals surface area (Å²) in [6.45, 7) is 5.17. The number of nitrogens with zero attached hydrogens (tertiary/aromatic N) is 1. The van der Waals surface area contributed by atoms with Crippen LogP contribution in [-0.2, 0) is 0 Å². The van der Waals surface area contributed by atoms with Crippen molar-refractivity contribution in [1.82, 2.24) is 10.2 Å². The number of hydrogen-bond acceptors (Lipinski definition) is 2. The van der Waals surface area contributed by atoms with Gasteiger partial charge in [0, 0.05) is 6.54 Å². The van der Waals surface area contributed by atoms with Gasteiger partial charge < -0.3 is 10.2 Å². The third-order valence-corrected chi connectivity index (χ3v) is 3.19. The minimum absolute atomic E-state index is 0.986. The van der Waals surface area contributed by atoms with E-state index in [2.05, 4.69) is 17.3 Å². The lowest BCUT2D eigenvalue weighted by Gasteiger charge is -2.40. The molecule has 2 rings (SSSR count). The topological polar surface area (TPSA) is 15.3 Å². The van der Waals surface area contributed by atoms with Crippen LogP contribution in [0.3, 0.4) is 0 Å². The van der Waals surface area contributed by atoms with Crippen LogP contribution in [0.1, 0.15) is 12.8 Å². The highest BCUT2D eigenvalue weighted by atomic mass is 15.1. The molecule has 64 valence electrons. The fraction of sp³-hybridized carbons (Fsp3) is 1.00. The van der Waals surface area contributed by atoms with Crippen molar-refractivity contribution in [1.29, 1.82) is 0 Å². The third-order valence-electron chi connectivity index (χ3n) is 3.19. The zero-order valence-corrected chi connectivity index (χ0v) is 7.34. The van der Waals surface area contributed by atoms with E-state index < -0.39 is 0 Å². The Bertz CT molecular complexity index is 136. The van der Waals surface area contributed by atoms with Crippen molar-refractivity contribution >= 4 is 0 Å². The predicted octanol–water partition coefficient (Wildman–Crippen LogP) is 0.548. The molecule has 2 fully saturated rings. The fourth-order valence-corrected chi connectivity index (χ4v) is 2.43.